The summed E-state index contributed by atoms with van der Waals surface area (Å²) in [7, 11) is 0. The molecule has 0 aliphatic heterocycles. The Hall–Kier alpha value is -1.36. The number of rotatable bonds is 2. The molecule has 10 heavy (non-hydrogen) atoms. The highest BCUT2D eigenvalue weighted by atomic mass is 19.1. The third-order valence-corrected chi connectivity index (χ3v) is 0.936. The second kappa shape index (κ2) is 3.62. The minimum atomic E-state index is -0.586. The molecule has 0 spiro atoms. The van der Waals surface area contributed by atoms with Crippen LogP contribution in [0.25, 0.3) is 0 Å². The van der Waals surface area contributed by atoms with Gasteiger partial charge in [0.25, 0.3) is 0 Å². The average Bonchev–Trinajstić information content (AvgIpc) is 1.90. The second-order valence-corrected chi connectivity index (χ2v) is 1.82. The van der Waals surface area contributed by atoms with Crippen LogP contribution in [0.1, 0.15) is 6.92 Å². The number of allylic oxidation sites excluding steroid dienone is 4. The molecular formula is C8H8FN. The Labute approximate surface area is 59.8 Å². The van der Waals surface area contributed by atoms with Crippen molar-refractivity contribution in [2.75, 3.05) is 0 Å². The summed E-state index contributed by atoms with van der Waals surface area (Å²) in [5.74, 6) is -0.586. The van der Waals surface area contributed by atoms with Crippen molar-refractivity contribution >= 4 is 0 Å². The van der Waals surface area contributed by atoms with Gasteiger partial charge in [0, 0.05) is 0 Å². The van der Waals surface area contributed by atoms with Crippen LogP contribution in [0.2, 0.25) is 0 Å². The van der Waals surface area contributed by atoms with Gasteiger partial charge in [-0.05, 0) is 18.6 Å². The van der Waals surface area contributed by atoms with Gasteiger partial charge < -0.3 is 0 Å². The van der Waals surface area contributed by atoms with E-state index in [-0.39, 0.29) is 11.1 Å². The molecule has 0 rings (SSSR count). The molecular weight excluding hydrogens is 129 g/mol. The van der Waals surface area contributed by atoms with Crippen molar-refractivity contribution in [3.63, 3.8) is 0 Å². The molecule has 0 saturated carbocycles. The predicted octanol–water partition coefficient (Wildman–Crippen LogP) is 2.50. The molecule has 0 unspecified atom stereocenters. The molecule has 0 aromatic heterocycles. The number of hydrogen-bond donors (Lipinski definition) is 0. The Bertz CT molecular complexity index is 230. The van der Waals surface area contributed by atoms with Crippen LogP contribution in [-0.2, 0) is 0 Å². The number of nitriles is 1. The first-order chi connectivity index (χ1) is 4.63. The molecule has 0 fully saturated rings. The number of hydrogen-bond acceptors (Lipinski definition) is 1. The Kier molecular flexibility index (Phi) is 3.13. The maximum atomic E-state index is 12.7. The summed E-state index contributed by atoms with van der Waals surface area (Å²) >= 11 is 0. The first kappa shape index (κ1) is 8.64. The van der Waals surface area contributed by atoms with Crippen LogP contribution in [0.15, 0.2) is 36.2 Å². The quantitative estimate of drug-likeness (QED) is 0.423. The van der Waals surface area contributed by atoms with E-state index in [1.165, 1.54) is 13.0 Å². The highest BCUT2D eigenvalue weighted by Crippen LogP contribution is 2.13. The third kappa shape index (κ3) is 1.87. The van der Waals surface area contributed by atoms with E-state index in [0.717, 1.165) is 0 Å². The van der Waals surface area contributed by atoms with E-state index in [1.807, 2.05) is 0 Å². The van der Waals surface area contributed by atoms with Crippen molar-refractivity contribution in [3.8, 4) is 6.07 Å². The lowest BCUT2D eigenvalue weighted by molar-refractivity contribution is 0.647. The van der Waals surface area contributed by atoms with Gasteiger partial charge in [-0.25, -0.2) is 4.39 Å². The molecule has 0 saturated heterocycles. The van der Waals surface area contributed by atoms with Crippen LogP contribution < -0.4 is 0 Å². The fraction of sp³-hybridized carbons (Fsp3) is 0.125. The highest BCUT2D eigenvalue weighted by Gasteiger charge is 2.01. The molecule has 0 aliphatic rings. The Morgan fingerprint density at radius 3 is 2.30 bits per heavy atom. The topological polar surface area (TPSA) is 23.8 Å². The Morgan fingerprint density at radius 2 is 2.20 bits per heavy atom. The van der Waals surface area contributed by atoms with Gasteiger partial charge in [0.2, 0.25) is 0 Å². The lowest BCUT2D eigenvalue weighted by Gasteiger charge is -1.93. The summed E-state index contributed by atoms with van der Waals surface area (Å²) in [6, 6.07) is 1.66. The first-order valence-corrected chi connectivity index (χ1v) is 2.71. The smallest absolute Gasteiger partial charge is 0.143 e. The van der Waals surface area contributed by atoms with Gasteiger partial charge in [-0.3, -0.25) is 0 Å². The second-order valence-electron chi connectivity index (χ2n) is 1.82. The molecule has 0 aromatic carbocycles. The van der Waals surface area contributed by atoms with E-state index >= 15 is 0 Å². The Morgan fingerprint density at radius 1 is 1.70 bits per heavy atom. The molecule has 0 radical (unpaired) electrons. The van der Waals surface area contributed by atoms with Gasteiger partial charge in [0.05, 0.1) is 5.57 Å². The molecule has 0 bridgehead atoms. The van der Waals surface area contributed by atoms with Gasteiger partial charge in [0.15, 0.2) is 0 Å². The van der Waals surface area contributed by atoms with Gasteiger partial charge in [-0.15, -0.1) is 0 Å². The van der Waals surface area contributed by atoms with Crippen LogP contribution >= 0.6 is 0 Å². The lowest BCUT2D eigenvalue weighted by atomic mass is 10.2. The molecule has 2 heteroatoms. The SMILES string of the molecule is C=C/C(C#N)=C(/F)C(=C)C. The maximum Gasteiger partial charge on any atom is 0.143 e. The summed E-state index contributed by atoms with van der Waals surface area (Å²) in [6.45, 7) is 8.11. The van der Waals surface area contributed by atoms with Crippen molar-refractivity contribution in [3.05, 3.63) is 36.2 Å². The number of halogens is 1. The van der Waals surface area contributed by atoms with Crippen LogP contribution in [0.5, 0.6) is 0 Å². The van der Waals surface area contributed by atoms with Gasteiger partial charge >= 0.3 is 0 Å². The van der Waals surface area contributed by atoms with Crippen LogP contribution in [0, 0.1) is 11.3 Å². The van der Waals surface area contributed by atoms with Crippen molar-refractivity contribution in [2.24, 2.45) is 0 Å². The standard InChI is InChI=1S/C8H8FN/c1-4-7(5-10)8(9)6(2)3/h4H,1-2H2,3H3/b8-7-. The lowest BCUT2D eigenvalue weighted by Crippen LogP contribution is -1.80. The molecule has 1 nitrogen and oxygen atoms in total. The van der Waals surface area contributed by atoms with Gasteiger partial charge in [0.1, 0.15) is 11.9 Å². The maximum absolute atomic E-state index is 12.7. The highest BCUT2D eigenvalue weighted by molar-refractivity contribution is 5.41. The van der Waals surface area contributed by atoms with E-state index in [2.05, 4.69) is 13.2 Å². The van der Waals surface area contributed by atoms with Crippen LogP contribution in [-0.4, -0.2) is 0 Å². The Balaban J connectivity index is 4.82. The molecule has 52 valence electrons. The summed E-state index contributed by atoms with van der Waals surface area (Å²) < 4.78 is 12.7. The summed E-state index contributed by atoms with van der Waals surface area (Å²) in [6.07, 6.45) is 1.17. The zero-order chi connectivity index (χ0) is 8.15. The summed E-state index contributed by atoms with van der Waals surface area (Å²) in [5, 5.41) is 8.29. The predicted molar refractivity (Wildman–Crippen MR) is 38.8 cm³/mol. The minimum Gasteiger partial charge on any atom is -0.205 e. The van der Waals surface area contributed by atoms with E-state index in [9.17, 15) is 4.39 Å². The third-order valence-electron chi connectivity index (χ3n) is 0.936. The van der Waals surface area contributed by atoms with Gasteiger partial charge in [-0.1, -0.05) is 13.2 Å². The zero-order valence-corrected chi connectivity index (χ0v) is 5.82. The number of nitrogens with zero attached hydrogens (tertiary/aromatic N) is 1. The molecule has 0 heterocycles. The average molecular weight is 137 g/mol. The van der Waals surface area contributed by atoms with E-state index in [1.54, 1.807) is 6.07 Å². The molecule has 0 N–H and O–H groups in total. The van der Waals surface area contributed by atoms with Crippen molar-refractivity contribution < 1.29 is 4.39 Å². The van der Waals surface area contributed by atoms with Gasteiger partial charge in [-0.2, -0.15) is 5.26 Å². The first-order valence-electron chi connectivity index (χ1n) is 2.71. The van der Waals surface area contributed by atoms with Crippen molar-refractivity contribution in [2.45, 2.75) is 6.92 Å². The largest absolute Gasteiger partial charge is 0.205 e. The normalized spacial score (nSPS) is 11.3. The fourth-order valence-corrected chi connectivity index (χ4v) is 0.414. The molecule has 0 atom stereocenters. The molecule has 0 aliphatic carbocycles. The van der Waals surface area contributed by atoms with Crippen LogP contribution in [0.4, 0.5) is 4.39 Å². The van der Waals surface area contributed by atoms with Crippen molar-refractivity contribution in [1.82, 2.24) is 0 Å². The van der Waals surface area contributed by atoms with E-state index in [0.29, 0.717) is 0 Å². The molecule has 0 amide bonds. The monoisotopic (exact) mass is 137 g/mol. The van der Waals surface area contributed by atoms with Crippen LogP contribution in [0.3, 0.4) is 0 Å². The fourth-order valence-electron chi connectivity index (χ4n) is 0.414. The summed E-state index contributed by atoms with van der Waals surface area (Å²) in [5.41, 5.74) is 0.184. The summed E-state index contributed by atoms with van der Waals surface area (Å²) in [4.78, 5) is 0. The molecule has 0 aromatic rings. The van der Waals surface area contributed by atoms with E-state index in [4.69, 9.17) is 5.26 Å². The zero-order valence-electron chi connectivity index (χ0n) is 5.82. The van der Waals surface area contributed by atoms with E-state index < -0.39 is 5.83 Å². The van der Waals surface area contributed by atoms with Crippen molar-refractivity contribution in [1.29, 1.82) is 5.26 Å². The minimum absolute atomic E-state index is 0.0625.